The summed E-state index contributed by atoms with van der Waals surface area (Å²) in [5.74, 6) is -0.466. The van der Waals surface area contributed by atoms with Gasteiger partial charge in [-0.2, -0.15) is 8.42 Å². The Morgan fingerprint density at radius 1 is 1.50 bits per heavy atom. The van der Waals surface area contributed by atoms with E-state index in [2.05, 4.69) is 15.9 Å². The van der Waals surface area contributed by atoms with Gasteiger partial charge in [0.25, 0.3) is 0 Å². The molecule has 0 aromatic heterocycles. The average molecular weight is 353 g/mol. The second kappa shape index (κ2) is 4.51. The van der Waals surface area contributed by atoms with Crippen molar-refractivity contribution in [2.24, 2.45) is 0 Å². The zero-order chi connectivity index (χ0) is 13.6. The Morgan fingerprint density at radius 2 is 2.17 bits per heavy atom. The smallest absolute Gasteiger partial charge is 0.274 e. The minimum absolute atomic E-state index is 0.159. The second-order valence-corrected chi connectivity index (χ2v) is 7.45. The van der Waals surface area contributed by atoms with Gasteiger partial charge in [0.15, 0.2) is 0 Å². The molecule has 1 heterocycles. The van der Waals surface area contributed by atoms with Gasteiger partial charge >= 0.3 is 9.24 Å². The lowest BCUT2D eigenvalue weighted by molar-refractivity contribution is -0.146. The molecule has 1 unspecified atom stereocenters. The van der Waals surface area contributed by atoms with Crippen LogP contribution in [0.4, 0.5) is 0 Å². The van der Waals surface area contributed by atoms with E-state index < -0.39 is 20.7 Å². The molecule has 1 amide bonds. The van der Waals surface area contributed by atoms with Crippen LogP contribution in [0.3, 0.4) is 0 Å². The molecule has 1 saturated heterocycles. The van der Waals surface area contributed by atoms with E-state index in [0.29, 0.717) is 6.42 Å². The fourth-order valence-corrected chi connectivity index (χ4v) is 4.39. The third-order valence-corrected chi connectivity index (χ3v) is 5.12. The standard InChI is InChI=1S/C11H11BrClNO3S/c1-2-11(8-4-3-5-9(12)6-8)7-10(15)14(11)18(13,16)17/h3-6H,2,7H2,1H3. The van der Waals surface area contributed by atoms with Crippen molar-refractivity contribution >= 4 is 41.8 Å². The van der Waals surface area contributed by atoms with Crippen LogP contribution in [0.25, 0.3) is 0 Å². The average Bonchev–Trinajstić information content (AvgIpc) is 2.22. The number of halogens is 2. The van der Waals surface area contributed by atoms with Crippen LogP contribution in [0.1, 0.15) is 25.3 Å². The molecule has 1 fully saturated rings. The third-order valence-electron chi connectivity index (χ3n) is 3.22. The molecular weight excluding hydrogens is 342 g/mol. The highest BCUT2D eigenvalue weighted by Crippen LogP contribution is 2.47. The first-order chi connectivity index (χ1) is 8.31. The van der Waals surface area contributed by atoms with Crippen molar-refractivity contribution in [3.05, 3.63) is 34.3 Å². The fourth-order valence-electron chi connectivity index (χ4n) is 2.34. The molecule has 1 aliphatic heterocycles. The number of amides is 1. The summed E-state index contributed by atoms with van der Waals surface area (Å²) in [7, 11) is 1.29. The molecule has 1 atom stereocenters. The Balaban J connectivity index is 2.54. The van der Waals surface area contributed by atoms with Crippen molar-refractivity contribution in [2.45, 2.75) is 25.3 Å². The summed E-state index contributed by atoms with van der Waals surface area (Å²) in [4.78, 5) is 11.6. The van der Waals surface area contributed by atoms with Crippen molar-refractivity contribution in [2.75, 3.05) is 0 Å². The number of carbonyl (C=O) groups is 1. The summed E-state index contributed by atoms with van der Waals surface area (Å²) in [5.41, 5.74) is -0.0789. The summed E-state index contributed by atoms with van der Waals surface area (Å²) >= 11 is 3.34. The van der Waals surface area contributed by atoms with Gasteiger partial charge in [0, 0.05) is 15.2 Å². The van der Waals surface area contributed by atoms with Crippen molar-refractivity contribution in [1.82, 2.24) is 4.31 Å². The van der Waals surface area contributed by atoms with E-state index >= 15 is 0 Å². The first kappa shape index (κ1) is 13.8. The molecule has 1 aliphatic rings. The topological polar surface area (TPSA) is 54.5 Å². The zero-order valence-electron chi connectivity index (χ0n) is 9.56. The maximum Gasteiger partial charge on any atom is 0.324 e. The van der Waals surface area contributed by atoms with Crippen LogP contribution in [0.5, 0.6) is 0 Å². The van der Waals surface area contributed by atoms with E-state index in [1.54, 1.807) is 12.1 Å². The van der Waals surface area contributed by atoms with Crippen molar-refractivity contribution < 1.29 is 13.2 Å². The quantitative estimate of drug-likeness (QED) is 0.621. The number of hydrogen-bond acceptors (Lipinski definition) is 3. The molecule has 0 radical (unpaired) electrons. The lowest BCUT2D eigenvalue weighted by Gasteiger charge is -2.49. The number of nitrogens with zero attached hydrogens (tertiary/aromatic N) is 1. The molecule has 0 saturated carbocycles. The number of β-lactam (4-membered cyclic amide) rings is 1. The summed E-state index contributed by atoms with van der Waals surface area (Å²) < 4.78 is 24.6. The van der Waals surface area contributed by atoms with Crippen LogP contribution in [0.2, 0.25) is 0 Å². The Bertz CT molecular complexity index is 604. The minimum Gasteiger partial charge on any atom is -0.274 e. The van der Waals surface area contributed by atoms with Gasteiger partial charge in [0.1, 0.15) is 0 Å². The Morgan fingerprint density at radius 3 is 2.61 bits per heavy atom. The Kier molecular flexibility index (Phi) is 3.46. The van der Waals surface area contributed by atoms with Crippen molar-refractivity contribution in [3.8, 4) is 0 Å². The third kappa shape index (κ3) is 2.06. The summed E-state index contributed by atoms with van der Waals surface area (Å²) in [6.07, 6.45) is 0.646. The Labute approximate surface area is 119 Å². The first-order valence-electron chi connectivity index (χ1n) is 5.35. The molecule has 1 aromatic carbocycles. The molecule has 0 N–H and O–H groups in total. The van der Waals surface area contributed by atoms with Gasteiger partial charge in [0.2, 0.25) is 5.91 Å². The van der Waals surface area contributed by atoms with E-state index in [4.69, 9.17) is 10.7 Å². The highest BCUT2D eigenvalue weighted by molar-refractivity contribution is 9.10. The Hall–Kier alpha value is -0.590. The highest BCUT2D eigenvalue weighted by atomic mass is 79.9. The second-order valence-electron chi connectivity index (χ2n) is 4.17. The molecule has 1 aromatic rings. The van der Waals surface area contributed by atoms with Gasteiger partial charge in [-0.15, -0.1) is 0 Å². The van der Waals surface area contributed by atoms with Gasteiger partial charge in [-0.25, -0.2) is 4.31 Å². The molecular formula is C11H11BrClNO3S. The summed E-state index contributed by atoms with van der Waals surface area (Å²) in [6.45, 7) is 1.84. The highest BCUT2D eigenvalue weighted by Gasteiger charge is 2.56. The largest absolute Gasteiger partial charge is 0.324 e. The van der Waals surface area contributed by atoms with Crippen molar-refractivity contribution in [1.29, 1.82) is 0 Å². The van der Waals surface area contributed by atoms with Crippen LogP contribution in [0, 0.1) is 0 Å². The molecule has 18 heavy (non-hydrogen) atoms. The number of benzene rings is 1. The fraction of sp³-hybridized carbons (Fsp3) is 0.364. The molecule has 4 nitrogen and oxygen atoms in total. The van der Waals surface area contributed by atoms with Gasteiger partial charge in [-0.1, -0.05) is 35.0 Å². The monoisotopic (exact) mass is 351 g/mol. The molecule has 0 bridgehead atoms. The number of hydrogen-bond donors (Lipinski definition) is 0. The predicted molar refractivity (Wildman–Crippen MR) is 72.3 cm³/mol. The van der Waals surface area contributed by atoms with Crippen LogP contribution in [-0.4, -0.2) is 18.6 Å². The van der Waals surface area contributed by atoms with E-state index in [1.807, 2.05) is 19.1 Å². The van der Waals surface area contributed by atoms with E-state index in [0.717, 1.165) is 14.3 Å². The molecule has 0 spiro atoms. The summed E-state index contributed by atoms with van der Waals surface area (Å²) in [5, 5.41) is 0. The molecule has 0 aliphatic carbocycles. The van der Waals surface area contributed by atoms with Gasteiger partial charge in [0.05, 0.1) is 12.0 Å². The van der Waals surface area contributed by atoms with Gasteiger partial charge in [-0.3, -0.25) is 4.79 Å². The normalized spacial score (nSPS) is 23.9. The minimum atomic E-state index is -4.06. The van der Waals surface area contributed by atoms with Crippen LogP contribution in [0.15, 0.2) is 28.7 Å². The van der Waals surface area contributed by atoms with Gasteiger partial charge < -0.3 is 0 Å². The lowest BCUT2D eigenvalue weighted by Crippen LogP contribution is -2.61. The maximum absolute atomic E-state index is 11.6. The van der Waals surface area contributed by atoms with Crippen LogP contribution < -0.4 is 0 Å². The lowest BCUT2D eigenvalue weighted by atomic mass is 9.78. The van der Waals surface area contributed by atoms with Crippen LogP contribution >= 0.6 is 26.6 Å². The number of carbonyl (C=O) groups excluding carboxylic acids is 1. The SMILES string of the molecule is CCC1(c2cccc(Br)c2)CC(=O)N1S(=O)(=O)Cl. The molecule has 98 valence electrons. The van der Waals surface area contributed by atoms with E-state index in [-0.39, 0.29) is 6.42 Å². The number of rotatable bonds is 3. The zero-order valence-corrected chi connectivity index (χ0v) is 12.7. The van der Waals surface area contributed by atoms with Gasteiger partial charge in [-0.05, 0) is 24.1 Å². The maximum atomic E-state index is 11.6. The summed E-state index contributed by atoms with van der Waals surface area (Å²) in [6, 6.07) is 7.26. The van der Waals surface area contributed by atoms with Crippen LogP contribution in [-0.2, 0) is 19.6 Å². The van der Waals surface area contributed by atoms with Crippen molar-refractivity contribution in [3.63, 3.8) is 0 Å². The predicted octanol–water partition coefficient (Wildman–Crippen LogP) is 2.77. The molecule has 7 heteroatoms. The van der Waals surface area contributed by atoms with E-state index in [9.17, 15) is 13.2 Å². The van der Waals surface area contributed by atoms with E-state index in [1.165, 1.54) is 0 Å². The first-order valence-corrected chi connectivity index (χ1v) is 8.41. The molecule has 2 rings (SSSR count).